The van der Waals surface area contributed by atoms with Crippen LogP contribution in [0, 0.1) is 0 Å². The number of rotatable bonds is 4. The molecule has 16 heavy (non-hydrogen) atoms. The summed E-state index contributed by atoms with van der Waals surface area (Å²) in [5.74, 6) is 1.02. The van der Waals surface area contributed by atoms with Crippen LogP contribution in [0.3, 0.4) is 0 Å². The third kappa shape index (κ3) is 2.97. The maximum absolute atomic E-state index is 5.30. The van der Waals surface area contributed by atoms with Crippen molar-refractivity contribution < 1.29 is 4.74 Å². The van der Waals surface area contributed by atoms with E-state index in [0.29, 0.717) is 6.04 Å². The Hall–Kier alpha value is -0.580. The molecule has 2 rings (SSSR count). The lowest BCUT2D eigenvalue weighted by atomic mass is 10.1. The van der Waals surface area contributed by atoms with Crippen LogP contribution in [0.25, 0.3) is 0 Å². The first-order chi connectivity index (χ1) is 7.79. The molecule has 1 saturated heterocycles. The van der Waals surface area contributed by atoms with Gasteiger partial charge in [-0.05, 0) is 44.4 Å². The molecule has 1 aliphatic heterocycles. The zero-order valence-corrected chi connectivity index (χ0v) is 10.8. The van der Waals surface area contributed by atoms with Crippen molar-refractivity contribution in [2.75, 3.05) is 27.2 Å². The van der Waals surface area contributed by atoms with Crippen molar-refractivity contribution in [2.45, 2.75) is 25.4 Å². The fraction of sp³-hybridized carbons (Fsp3) is 0.667. The van der Waals surface area contributed by atoms with Gasteiger partial charge in [0.1, 0.15) is 5.75 Å². The van der Waals surface area contributed by atoms with Gasteiger partial charge in [0.15, 0.2) is 0 Å². The summed E-state index contributed by atoms with van der Waals surface area (Å²) in [6, 6.07) is 2.71. The lowest BCUT2D eigenvalue weighted by molar-refractivity contribution is 0.234. The molecular formula is C12H20N2OS. The number of methoxy groups -OCH3 is 1. The Morgan fingerprint density at radius 3 is 2.94 bits per heavy atom. The molecule has 90 valence electrons. The summed E-state index contributed by atoms with van der Waals surface area (Å²) >= 11 is 1.77. The number of piperidine rings is 1. The second-order valence-corrected chi connectivity index (χ2v) is 5.37. The minimum atomic E-state index is 0.669. The fourth-order valence-electron chi connectivity index (χ4n) is 2.09. The Morgan fingerprint density at radius 1 is 1.50 bits per heavy atom. The largest absolute Gasteiger partial charge is 0.496 e. The molecule has 4 heteroatoms. The van der Waals surface area contributed by atoms with Crippen molar-refractivity contribution in [1.82, 2.24) is 10.2 Å². The normalized spacial score (nSPS) is 18.9. The van der Waals surface area contributed by atoms with Gasteiger partial charge in [-0.15, -0.1) is 11.3 Å². The summed E-state index contributed by atoms with van der Waals surface area (Å²) in [6.45, 7) is 3.35. The van der Waals surface area contributed by atoms with Crippen LogP contribution in [0.15, 0.2) is 11.4 Å². The van der Waals surface area contributed by atoms with Gasteiger partial charge in [-0.1, -0.05) is 0 Å². The highest BCUT2D eigenvalue weighted by atomic mass is 32.1. The third-order valence-corrected chi connectivity index (χ3v) is 4.10. The molecule has 0 saturated carbocycles. The van der Waals surface area contributed by atoms with Crippen molar-refractivity contribution in [3.63, 3.8) is 0 Å². The van der Waals surface area contributed by atoms with Crippen LogP contribution in [0.5, 0.6) is 5.75 Å². The van der Waals surface area contributed by atoms with Crippen molar-refractivity contribution >= 4 is 11.3 Å². The molecule has 0 atom stereocenters. The average Bonchev–Trinajstić information content (AvgIpc) is 2.76. The van der Waals surface area contributed by atoms with Crippen LogP contribution in [-0.4, -0.2) is 38.2 Å². The van der Waals surface area contributed by atoms with Crippen molar-refractivity contribution in [1.29, 1.82) is 0 Å². The molecule has 0 unspecified atom stereocenters. The van der Waals surface area contributed by atoms with Gasteiger partial charge in [-0.2, -0.15) is 0 Å². The predicted molar refractivity (Wildman–Crippen MR) is 68.2 cm³/mol. The molecular weight excluding hydrogens is 220 g/mol. The maximum atomic E-state index is 5.30. The number of hydrogen-bond donors (Lipinski definition) is 1. The Bertz CT molecular complexity index is 319. The van der Waals surface area contributed by atoms with Crippen LogP contribution in [-0.2, 0) is 6.54 Å². The molecule has 0 aromatic carbocycles. The van der Waals surface area contributed by atoms with E-state index in [2.05, 4.69) is 22.6 Å². The Labute approximate surface area is 101 Å². The number of likely N-dealkylation sites (tertiary alicyclic amines) is 1. The van der Waals surface area contributed by atoms with Gasteiger partial charge in [0.05, 0.1) is 12.0 Å². The highest BCUT2D eigenvalue weighted by Crippen LogP contribution is 2.24. The van der Waals surface area contributed by atoms with Gasteiger partial charge < -0.3 is 15.0 Å². The van der Waals surface area contributed by atoms with Crippen LogP contribution >= 0.6 is 11.3 Å². The van der Waals surface area contributed by atoms with Gasteiger partial charge in [-0.25, -0.2) is 0 Å². The van der Waals surface area contributed by atoms with Gasteiger partial charge in [0.25, 0.3) is 0 Å². The lowest BCUT2D eigenvalue weighted by Crippen LogP contribution is -2.40. The summed E-state index contributed by atoms with van der Waals surface area (Å²) in [4.78, 5) is 3.70. The van der Waals surface area contributed by atoms with Gasteiger partial charge in [-0.3, -0.25) is 0 Å². The highest BCUT2D eigenvalue weighted by molar-refractivity contribution is 7.10. The maximum Gasteiger partial charge on any atom is 0.134 e. The van der Waals surface area contributed by atoms with Crippen LogP contribution < -0.4 is 10.1 Å². The first-order valence-electron chi connectivity index (χ1n) is 5.82. The summed E-state index contributed by atoms with van der Waals surface area (Å²) in [5.41, 5.74) is 0. The Kier molecular flexibility index (Phi) is 4.21. The summed E-state index contributed by atoms with van der Waals surface area (Å²) in [6.07, 6.45) is 2.51. The number of nitrogens with zero attached hydrogens (tertiary/aromatic N) is 1. The molecule has 0 spiro atoms. The zero-order valence-electron chi connectivity index (χ0n) is 10.0. The van der Waals surface area contributed by atoms with E-state index in [0.717, 1.165) is 12.3 Å². The standard InChI is InChI=1S/C12H20N2OS/c1-14-6-3-10(4-7-14)13-9-12-11(15-2)5-8-16-12/h5,8,10,13H,3-4,6-7,9H2,1-2H3. The smallest absolute Gasteiger partial charge is 0.134 e. The van der Waals surface area contributed by atoms with E-state index in [1.807, 2.05) is 6.07 Å². The fourth-order valence-corrected chi connectivity index (χ4v) is 2.88. The van der Waals surface area contributed by atoms with E-state index < -0.39 is 0 Å². The Balaban J connectivity index is 1.79. The number of ether oxygens (including phenoxy) is 1. The third-order valence-electron chi connectivity index (χ3n) is 3.19. The molecule has 0 amide bonds. The number of hydrogen-bond acceptors (Lipinski definition) is 4. The molecule has 0 bridgehead atoms. The van der Waals surface area contributed by atoms with E-state index in [4.69, 9.17) is 4.74 Å². The van der Waals surface area contributed by atoms with E-state index in [1.165, 1.54) is 30.8 Å². The molecule has 2 heterocycles. The molecule has 1 aromatic heterocycles. The van der Waals surface area contributed by atoms with Gasteiger partial charge >= 0.3 is 0 Å². The van der Waals surface area contributed by atoms with E-state index in [1.54, 1.807) is 18.4 Å². The second-order valence-electron chi connectivity index (χ2n) is 4.37. The Morgan fingerprint density at radius 2 is 2.25 bits per heavy atom. The van der Waals surface area contributed by atoms with Crippen molar-refractivity contribution in [3.8, 4) is 5.75 Å². The first-order valence-corrected chi connectivity index (χ1v) is 6.70. The SMILES string of the molecule is COc1ccsc1CNC1CCN(C)CC1. The van der Waals surface area contributed by atoms with E-state index >= 15 is 0 Å². The highest BCUT2D eigenvalue weighted by Gasteiger charge is 2.16. The summed E-state index contributed by atoms with van der Waals surface area (Å²) in [7, 11) is 3.93. The molecule has 1 aliphatic rings. The lowest BCUT2D eigenvalue weighted by Gasteiger charge is -2.29. The van der Waals surface area contributed by atoms with Crippen molar-refractivity contribution in [3.05, 3.63) is 16.3 Å². The van der Waals surface area contributed by atoms with Gasteiger partial charge in [0, 0.05) is 12.6 Å². The minimum absolute atomic E-state index is 0.669. The van der Waals surface area contributed by atoms with Crippen LogP contribution in [0.2, 0.25) is 0 Å². The first kappa shape index (κ1) is 11.9. The minimum Gasteiger partial charge on any atom is -0.496 e. The molecule has 0 aliphatic carbocycles. The van der Waals surface area contributed by atoms with E-state index in [9.17, 15) is 0 Å². The molecule has 1 fully saturated rings. The number of thiophene rings is 1. The quantitative estimate of drug-likeness (QED) is 0.870. The zero-order chi connectivity index (χ0) is 11.4. The molecule has 3 nitrogen and oxygen atoms in total. The number of nitrogens with one attached hydrogen (secondary N) is 1. The average molecular weight is 240 g/mol. The summed E-state index contributed by atoms with van der Waals surface area (Å²) < 4.78 is 5.30. The topological polar surface area (TPSA) is 24.5 Å². The molecule has 0 radical (unpaired) electrons. The molecule has 1 N–H and O–H groups in total. The summed E-state index contributed by atoms with van der Waals surface area (Å²) in [5, 5.41) is 5.71. The predicted octanol–water partition coefficient (Wildman–Crippen LogP) is 1.94. The monoisotopic (exact) mass is 240 g/mol. The second kappa shape index (κ2) is 5.66. The molecule has 1 aromatic rings. The van der Waals surface area contributed by atoms with Crippen LogP contribution in [0.1, 0.15) is 17.7 Å². The van der Waals surface area contributed by atoms with E-state index in [-0.39, 0.29) is 0 Å². The van der Waals surface area contributed by atoms with Gasteiger partial charge in [0.2, 0.25) is 0 Å². The van der Waals surface area contributed by atoms with Crippen molar-refractivity contribution in [2.24, 2.45) is 0 Å². The van der Waals surface area contributed by atoms with Crippen LogP contribution in [0.4, 0.5) is 0 Å².